The molecule has 142 valence electrons. The lowest BCUT2D eigenvalue weighted by Gasteiger charge is -2.41. The number of primary amides is 1. The Morgan fingerprint density at radius 3 is 2.26 bits per heavy atom. The summed E-state index contributed by atoms with van der Waals surface area (Å²) in [6.07, 6.45) is 1.12. The number of thiocarbonyl (C=S) groups is 1. The van der Waals surface area contributed by atoms with Crippen molar-refractivity contribution in [1.29, 1.82) is 0 Å². The van der Waals surface area contributed by atoms with Gasteiger partial charge in [0.1, 0.15) is 0 Å². The first-order chi connectivity index (χ1) is 12.6. The van der Waals surface area contributed by atoms with Crippen LogP contribution in [0.15, 0.2) is 47.4 Å². The van der Waals surface area contributed by atoms with E-state index in [1.54, 1.807) is 24.3 Å². The number of anilines is 2. The molecule has 0 radical (unpaired) electrons. The van der Waals surface area contributed by atoms with Crippen LogP contribution in [0.3, 0.4) is 0 Å². The van der Waals surface area contributed by atoms with E-state index in [0.717, 1.165) is 17.8 Å². The number of rotatable bonds is 3. The number of carbonyl (C=O) groups excluding carboxylic acids is 1. The maximum absolute atomic E-state index is 11.1. The minimum Gasteiger partial charge on any atom is -0.366 e. The molecule has 0 bridgehead atoms. The molecule has 1 amide bonds. The average molecular weight is 400 g/mol. The first-order valence-corrected chi connectivity index (χ1v) is 10.1. The van der Waals surface area contributed by atoms with Crippen molar-refractivity contribution in [2.24, 2.45) is 5.73 Å². The number of nitrogens with one attached hydrogen (secondary N) is 2. The molecule has 4 nitrogen and oxygen atoms in total. The molecule has 4 N–H and O–H groups in total. The third-order valence-electron chi connectivity index (χ3n) is 4.65. The summed E-state index contributed by atoms with van der Waals surface area (Å²) < 4.78 is 0.235. The molecule has 1 aliphatic heterocycles. The molecule has 0 aliphatic carbocycles. The number of carbonyl (C=O) groups is 1. The fourth-order valence-corrected chi connectivity index (χ4v) is 5.58. The van der Waals surface area contributed by atoms with Gasteiger partial charge < -0.3 is 16.4 Å². The highest BCUT2D eigenvalue weighted by atomic mass is 32.2. The molecule has 1 aliphatic rings. The molecular weight excluding hydrogens is 374 g/mol. The minimum atomic E-state index is -0.444. The molecule has 0 spiro atoms. The Labute approximate surface area is 170 Å². The van der Waals surface area contributed by atoms with Crippen LogP contribution in [0.2, 0.25) is 0 Å². The Hall–Kier alpha value is -2.05. The first kappa shape index (κ1) is 19.7. The summed E-state index contributed by atoms with van der Waals surface area (Å²) in [4.78, 5) is 12.5. The van der Waals surface area contributed by atoms with Gasteiger partial charge in [0, 0.05) is 26.6 Å². The fraction of sp³-hybridized carbons (Fsp3) is 0.333. The van der Waals surface area contributed by atoms with E-state index in [2.05, 4.69) is 56.5 Å². The summed E-state index contributed by atoms with van der Waals surface area (Å²) in [6.45, 7) is 9.20. The van der Waals surface area contributed by atoms with Gasteiger partial charge in [0.15, 0.2) is 5.11 Å². The molecule has 2 aromatic rings. The Morgan fingerprint density at radius 2 is 1.63 bits per heavy atom. The molecule has 0 atom stereocenters. The van der Waals surface area contributed by atoms with Crippen molar-refractivity contribution in [3.8, 4) is 0 Å². The Morgan fingerprint density at radius 1 is 1.04 bits per heavy atom. The van der Waals surface area contributed by atoms with Gasteiger partial charge in [0.25, 0.3) is 0 Å². The van der Waals surface area contributed by atoms with E-state index in [1.807, 2.05) is 11.8 Å². The summed E-state index contributed by atoms with van der Waals surface area (Å²) in [5.41, 5.74) is 8.96. The zero-order chi connectivity index (χ0) is 19.8. The summed E-state index contributed by atoms with van der Waals surface area (Å²) in [5.74, 6) is -0.444. The molecule has 0 fully saturated rings. The third-order valence-corrected chi connectivity index (χ3v) is 6.12. The normalized spacial score (nSPS) is 16.9. The van der Waals surface area contributed by atoms with Crippen LogP contribution >= 0.6 is 24.0 Å². The Balaban J connectivity index is 1.73. The van der Waals surface area contributed by atoms with Crippen LogP contribution in [0.5, 0.6) is 0 Å². The van der Waals surface area contributed by atoms with Crippen molar-refractivity contribution >= 4 is 46.4 Å². The lowest BCUT2D eigenvalue weighted by atomic mass is 9.77. The van der Waals surface area contributed by atoms with Crippen molar-refractivity contribution in [2.75, 3.05) is 10.6 Å². The number of fused-ring (bicyclic) bond motifs is 1. The highest BCUT2D eigenvalue weighted by molar-refractivity contribution is 8.00. The lowest BCUT2D eigenvalue weighted by molar-refractivity contribution is 0.100. The highest BCUT2D eigenvalue weighted by Gasteiger charge is 2.38. The zero-order valence-electron chi connectivity index (χ0n) is 16.1. The summed E-state index contributed by atoms with van der Waals surface area (Å²) in [5, 5.41) is 6.89. The Bertz CT molecular complexity index is 889. The van der Waals surface area contributed by atoms with E-state index in [9.17, 15) is 4.79 Å². The SMILES string of the molecule is CC1(C)CC(C)(C)c2cc(NC(=S)Nc3ccc(C(N)=O)cc3)ccc2S1. The Kier molecular flexibility index (Phi) is 5.23. The van der Waals surface area contributed by atoms with Gasteiger partial charge in [0.2, 0.25) is 5.91 Å². The molecule has 1 heterocycles. The monoisotopic (exact) mass is 399 g/mol. The van der Waals surface area contributed by atoms with Gasteiger partial charge in [-0.1, -0.05) is 27.7 Å². The van der Waals surface area contributed by atoms with Gasteiger partial charge in [-0.3, -0.25) is 4.79 Å². The van der Waals surface area contributed by atoms with Crippen LogP contribution in [0, 0.1) is 0 Å². The summed E-state index contributed by atoms with van der Waals surface area (Å²) in [7, 11) is 0. The largest absolute Gasteiger partial charge is 0.366 e. The van der Waals surface area contributed by atoms with Gasteiger partial charge in [0.05, 0.1) is 0 Å². The minimum absolute atomic E-state index is 0.113. The quantitative estimate of drug-likeness (QED) is 0.623. The molecule has 27 heavy (non-hydrogen) atoms. The lowest BCUT2D eigenvalue weighted by Crippen LogP contribution is -2.33. The van der Waals surface area contributed by atoms with E-state index in [4.69, 9.17) is 18.0 Å². The molecule has 0 saturated heterocycles. The smallest absolute Gasteiger partial charge is 0.248 e. The predicted molar refractivity (Wildman–Crippen MR) is 119 cm³/mol. The summed E-state index contributed by atoms with van der Waals surface area (Å²) >= 11 is 7.37. The summed E-state index contributed by atoms with van der Waals surface area (Å²) in [6, 6.07) is 13.3. The maximum atomic E-state index is 11.1. The molecule has 3 rings (SSSR count). The van der Waals surface area contributed by atoms with E-state index in [0.29, 0.717) is 10.7 Å². The van der Waals surface area contributed by atoms with Crippen molar-refractivity contribution in [2.45, 2.75) is 49.2 Å². The second-order valence-corrected chi connectivity index (χ2v) is 10.3. The van der Waals surface area contributed by atoms with Crippen molar-refractivity contribution in [3.05, 3.63) is 53.6 Å². The van der Waals surface area contributed by atoms with Gasteiger partial charge in [-0.25, -0.2) is 0 Å². The van der Waals surface area contributed by atoms with Crippen LogP contribution in [0.4, 0.5) is 11.4 Å². The predicted octanol–water partition coefficient (Wildman–Crippen LogP) is 5.15. The topological polar surface area (TPSA) is 67.2 Å². The molecule has 0 saturated carbocycles. The van der Waals surface area contributed by atoms with E-state index >= 15 is 0 Å². The molecular formula is C21H25N3OS2. The van der Waals surface area contributed by atoms with Crippen molar-refractivity contribution < 1.29 is 4.79 Å². The van der Waals surface area contributed by atoms with E-state index in [1.165, 1.54) is 10.5 Å². The van der Waals surface area contributed by atoms with Crippen LogP contribution < -0.4 is 16.4 Å². The maximum Gasteiger partial charge on any atom is 0.248 e. The molecule has 0 unspecified atom stereocenters. The van der Waals surface area contributed by atoms with Crippen molar-refractivity contribution in [1.82, 2.24) is 0 Å². The van der Waals surface area contributed by atoms with Crippen LogP contribution in [-0.2, 0) is 5.41 Å². The number of amides is 1. The zero-order valence-corrected chi connectivity index (χ0v) is 17.7. The number of nitrogens with two attached hydrogens (primary N) is 1. The number of hydrogen-bond donors (Lipinski definition) is 3. The number of benzene rings is 2. The first-order valence-electron chi connectivity index (χ1n) is 8.87. The molecule has 6 heteroatoms. The van der Waals surface area contributed by atoms with E-state index < -0.39 is 5.91 Å². The van der Waals surface area contributed by atoms with Gasteiger partial charge in [-0.05, 0) is 72.1 Å². The van der Waals surface area contributed by atoms with Crippen LogP contribution in [0.1, 0.15) is 50.0 Å². The number of thioether (sulfide) groups is 1. The average Bonchev–Trinajstić information content (AvgIpc) is 2.54. The van der Waals surface area contributed by atoms with E-state index in [-0.39, 0.29) is 10.2 Å². The van der Waals surface area contributed by atoms with Gasteiger partial charge in [-0.15, -0.1) is 11.8 Å². The second-order valence-electron chi connectivity index (χ2n) is 8.15. The third kappa shape index (κ3) is 4.62. The van der Waals surface area contributed by atoms with Crippen LogP contribution in [0.25, 0.3) is 0 Å². The van der Waals surface area contributed by atoms with Gasteiger partial charge in [-0.2, -0.15) is 0 Å². The highest BCUT2D eigenvalue weighted by Crippen LogP contribution is 2.51. The number of hydrogen-bond acceptors (Lipinski definition) is 3. The molecule has 0 aromatic heterocycles. The second kappa shape index (κ2) is 7.17. The van der Waals surface area contributed by atoms with Crippen LogP contribution in [-0.4, -0.2) is 15.8 Å². The van der Waals surface area contributed by atoms with Gasteiger partial charge >= 0.3 is 0 Å². The fourth-order valence-electron chi connectivity index (χ4n) is 3.73. The standard InChI is InChI=1S/C21H25N3OS2/c1-20(2)12-21(3,4)27-17-10-9-15(11-16(17)20)24-19(26)23-14-7-5-13(6-8-14)18(22)25/h5-11H,12H2,1-4H3,(H2,22,25)(H2,23,24,26). The van der Waals surface area contributed by atoms with Crippen molar-refractivity contribution in [3.63, 3.8) is 0 Å². The molecule has 2 aromatic carbocycles.